The molecule has 0 aromatic carbocycles. The maximum atomic E-state index is 12.6. The molecule has 0 spiro atoms. The molecule has 2 rings (SSSR count). The van der Waals surface area contributed by atoms with Gasteiger partial charge in [0.05, 0.1) is 12.0 Å². The van der Waals surface area contributed by atoms with Gasteiger partial charge in [-0.25, -0.2) is 0 Å². The summed E-state index contributed by atoms with van der Waals surface area (Å²) in [6.07, 6.45) is 4.16. The maximum Gasteiger partial charge on any atom is 0.242 e. The van der Waals surface area contributed by atoms with Crippen LogP contribution < -0.4 is 16.0 Å². The van der Waals surface area contributed by atoms with Crippen LogP contribution in [0.5, 0.6) is 0 Å². The summed E-state index contributed by atoms with van der Waals surface area (Å²) in [5.41, 5.74) is -0.493. The molecule has 2 aliphatic rings. The third-order valence-electron chi connectivity index (χ3n) is 4.30. The second-order valence-electron chi connectivity index (χ2n) is 5.78. The highest BCUT2D eigenvalue weighted by Crippen LogP contribution is 2.29. The first-order valence-electron chi connectivity index (χ1n) is 7.46. The van der Waals surface area contributed by atoms with Gasteiger partial charge in [-0.15, -0.1) is 0 Å². The fourth-order valence-electron chi connectivity index (χ4n) is 3.01. The average Bonchev–Trinajstić information content (AvgIpc) is 2.65. The van der Waals surface area contributed by atoms with Crippen LogP contribution in [0, 0.1) is 5.41 Å². The van der Waals surface area contributed by atoms with Crippen molar-refractivity contribution in [2.24, 2.45) is 5.41 Å². The van der Waals surface area contributed by atoms with E-state index >= 15 is 0 Å². The van der Waals surface area contributed by atoms with Crippen molar-refractivity contribution in [1.82, 2.24) is 16.0 Å². The van der Waals surface area contributed by atoms with E-state index in [1.165, 1.54) is 0 Å². The number of carbonyl (C=O) groups excluding carboxylic acids is 2. The van der Waals surface area contributed by atoms with Crippen LogP contribution in [0.1, 0.15) is 32.1 Å². The second kappa shape index (κ2) is 7.04. The number of amides is 2. The number of ether oxygens (including phenoxy) is 1. The summed E-state index contributed by atoms with van der Waals surface area (Å²) < 4.78 is 5.26. The van der Waals surface area contributed by atoms with Gasteiger partial charge in [0.15, 0.2) is 0 Å². The molecule has 2 heterocycles. The third-order valence-corrected chi connectivity index (χ3v) is 4.30. The van der Waals surface area contributed by atoms with E-state index in [1.807, 2.05) is 0 Å². The summed E-state index contributed by atoms with van der Waals surface area (Å²) in [5.74, 6) is -0.0970. The van der Waals surface area contributed by atoms with Gasteiger partial charge in [-0.3, -0.25) is 9.59 Å². The predicted octanol–water partition coefficient (Wildman–Crippen LogP) is -0.212. The molecule has 6 nitrogen and oxygen atoms in total. The van der Waals surface area contributed by atoms with E-state index < -0.39 is 11.5 Å². The normalized spacial score (nSPS) is 26.4. The zero-order valence-electron chi connectivity index (χ0n) is 12.2. The molecule has 20 heavy (non-hydrogen) atoms. The van der Waals surface area contributed by atoms with E-state index in [4.69, 9.17) is 4.74 Å². The highest BCUT2D eigenvalue weighted by Gasteiger charge is 2.41. The molecule has 1 atom stereocenters. The fraction of sp³-hybridized carbons (Fsp3) is 0.857. The Bertz CT molecular complexity index is 348. The van der Waals surface area contributed by atoms with Crippen molar-refractivity contribution in [2.75, 3.05) is 33.4 Å². The minimum atomic E-state index is -0.493. The molecule has 0 bridgehead atoms. The molecule has 0 saturated carbocycles. The van der Waals surface area contributed by atoms with Gasteiger partial charge >= 0.3 is 0 Å². The van der Waals surface area contributed by atoms with Crippen LogP contribution in [0.2, 0.25) is 0 Å². The van der Waals surface area contributed by atoms with Crippen molar-refractivity contribution in [1.29, 1.82) is 0 Å². The van der Waals surface area contributed by atoms with Crippen molar-refractivity contribution < 1.29 is 14.3 Å². The van der Waals surface area contributed by atoms with Crippen LogP contribution in [-0.4, -0.2) is 51.2 Å². The van der Waals surface area contributed by atoms with Gasteiger partial charge in [0, 0.05) is 13.7 Å². The topological polar surface area (TPSA) is 79.5 Å². The van der Waals surface area contributed by atoms with Gasteiger partial charge in [-0.2, -0.15) is 0 Å². The van der Waals surface area contributed by atoms with Crippen LogP contribution in [0.25, 0.3) is 0 Å². The Hall–Kier alpha value is -1.14. The molecular weight excluding hydrogens is 258 g/mol. The minimum absolute atomic E-state index is 0.0390. The number of methoxy groups -OCH3 is 1. The molecular formula is C14H25N3O3. The van der Waals surface area contributed by atoms with Crippen molar-refractivity contribution >= 4 is 11.8 Å². The monoisotopic (exact) mass is 283 g/mol. The molecule has 0 aromatic rings. The summed E-state index contributed by atoms with van der Waals surface area (Å²) in [6, 6.07) is -0.395. The summed E-state index contributed by atoms with van der Waals surface area (Å²) in [6.45, 7) is 2.74. The number of piperidine rings is 1. The number of rotatable bonds is 4. The van der Waals surface area contributed by atoms with E-state index in [9.17, 15) is 9.59 Å². The lowest BCUT2D eigenvalue weighted by Crippen LogP contribution is -2.55. The largest absolute Gasteiger partial charge is 0.384 e. The smallest absolute Gasteiger partial charge is 0.242 e. The molecule has 2 amide bonds. The van der Waals surface area contributed by atoms with E-state index in [0.717, 1.165) is 45.2 Å². The maximum absolute atomic E-state index is 12.6. The Labute approximate surface area is 120 Å². The molecule has 0 aromatic heterocycles. The molecule has 2 saturated heterocycles. The van der Waals surface area contributed by atoms with Gasteiger partial charge in [-0.05, 0) is 45.2 Å². The van der Waals surface area contributed by atoms with Crippen LogP contribution in [0.4, 0.5) is 0 Å². The lowest BCUT2D eigenvalue weighted by Gasteiger charge is -2.36. The molecule has 2 fully saturated rings. The molecule has 114 valence electrons. The Kier molecular flexibility index (Phi) is 5.37. The Morgan fingerprint density at radius 1 is 1.35 bits per heavy atom. The van der Waals surface area contributed by atoms with Gasteiger partial charge in [-0.1, -0.05) is 0 Å². The van der Waals surface area contributed by atoms with E-state index in [-0.39, 0.29) is 11.8 Å². The Morgan fingerprint density at radius 2 is 2.10 bits per heavy atom. The van der Waals surface area contributed by atoms with E-state index in [2.05, 4.69) is 16.0 Å². The number of carbonyl (C=O) groups is 2. The van der Waals surface area contributed by atoms with Crippen molar-refractivity contribution in [2.45, 2.75) is 38.1 Å². The van der Waals surface area contributed by atoms with Gasteiger partial charge < -0.3 is 20.7 Å². The van der Waals surface area contributed by atoms with E-state index in [1.54, 1.807) is 7.11 Å². The highest BCUT2D eigenvalue weighted by molar-refractivity contribution is 5.90. The lowest BCUT2D eigenvalue weighted by atomic mass is 9.78. The van der Waals surface area contributed by atoms with Gasteiger partial charge in [0.2, 0.25) is 11.8 Å². The van der Waals surface area contributed by atoms with Crippen LogP contribution >= 0.6 is 0 Å². The Morgan fingerprint density at radius 3 is 2.80 bits per heavy atom. The Balaban J connectivity index is 2.01. The minimum Gasteiger partial charge on any atom is -0.384 e. The predicted molar refractivity (Wildman–Crippen MR) is 75.2 cm³/mol. The molecule has 0 radical (unpaired) electrons. The first-order valence-corrected chi connectivity index (χ1v) is 7.46. The molecule has 1 unspecified atom stereocenters. The number of hydrogen-bond donors (Lipinski definition) is 3. The number of hydrogen-bond acceptors (Lipinski definition) is 4. The van der Waals surface area contributed by atoms with Gasteiger partial charge in [0.25, 0.3) is 0 Å². The average molecular weight is 283 g/mol. The molecule has 2 aliphatic heterocycles. The first-order chi connectivity index (χ1) is 9.68. The standard InChI is InChI=1S/C14H25N3O3/c1-20-10-14(5-8-15-9-6-14)13(19)17-11-4-2-3-7-16-12(11)18/h11,15H,2-10H2,1H3,(H,16,18)(H,17,19). The molecule has 3 N–H and O–H groups in total. The van der Waals surface area contributed by atoms with Crippen molar-refractivity contribution in [3.8, 4) is 0 Å². The van der Waals surface area contributed by atoms with Gasteiger partial charge in [0.1, 0.15) is 6.04 Å². The third kappa shape index (κ3) is 3.49. The summed E-state index contributed by atoms with van der Waals surface area (Å²) in [4.78, 5) is 24.6. The summed E-state index contributed by atoms with van der Waals surface area (Å²) >= 11 is 0. The van der Waals surface area contributed by atoms with Crippen molar-refractivity contribution in [3.05, 3.63) is 0 Å². The summed E-state index contributed by atoms with van der Waals surface area (Å²) in [7, 11) is 1.62. The van der Waals surface area contributed by atoms with Crippen LogP contribution in [0.15, 0.2) is 0 Å². The zero-order valence-corrected chi connectivity index (χ0v) is 12.2. The first kappa shape index (κ1) is 15.3. The van der Waals surface area contributed by atoms with E-state index in [0.29, 0.717) is 13.2 Å². The zero-order chi connectivity index (χ0) is 14.4. The highest BCUT2D eigenvalue weighted by atomic mass is 16.5. The lowest BCUT2D eigenvalue weighted by molar-refractivity contribution is -0.139. The second-order valence-corrected chi connectivity index (χ2v) is 5.78. The summed E-state index contributed by atoms with van der Waals surface area (Å²) in [5, 5.41) is 9.06. The van der Waals surface area contributed by atoms with Crippen LogP contribution in [0.3, 0.4) is 0 Å². The number of nitrogens with one attached hydrogen (secondary N) is 3. The molecule has 6 heteroatoms. The SMILES string of the molecule is COCC1(C(=O)NC2CCCCNC2=O)CCNCC1. The fourth-order valence-corrected chi connectivity index (χ4v) is 3.01. The quantitative estimate of drug-likeness (QED) is 0.667. The molecule has 0 aliphatic carbocycles. The van der Waals surface area contributed by atoms with Crippen molar-refractivity contribution in [3.63, 3.8) is 0 Å². The van der Waals surface area contributed by atoms with Crippen LogP contribution in [-0.2, 0) is 14.3 Å².